The van der Waals surface area contributed by atoms with Gasteiger partial charge >= 0.3 is 11.6 Å². The molecule has 7 heteroatoms. The number of hydrogen-bond acceptors (Lipinski definition) is 6. The topological polar surface area (TPSA) is 75.0 Å². The molecule has 4 aromatic rings. The highest BCUT2D eigenvalue weighted by atomic mass is 35.5. The Bertz CT molecular complexity index is 1390. The number of rotatable bonds is 5. The number of fused-ring (bicyclic) bond motifs is 1. The highest BCUT2D eigenvalue weighted by Crippen LogP contribution is 2.35. The number of esters is 1. The summed E-state index contributed by atoms with van der Waals surface area (Å²) in [6, 6.07) is 16.7. The zero-order chi connectivity index (χ0) is 22.8. The van der Waals surface area contributed by atoms with Crippen LogP contribution in [0.2, 0.25) is 5.02 Å². The number of hydrogen-bond donors (Lipinski definition) is 0. The second-order valence-electron chi connectivity index (χ2n) is 6.99. The molecule has 3 aromatic carbocycles. The van der Waals surface area contributed by atoms with E-state index in [0.717, 1.165) is 0 Å². The first-order chi connectivity index (χ1) is 15.4. The Morgan fingerprint density at radius 3 is 2.41 bits per heavy atom. The van der Waals surface area contributed by atoms with Crippen molar-refractivity contribution in [3.63, 3.8) is 0 Å². The summed E-state index contributed by atoms with van der Waals surface area (Å²) in [6.45, 7) is 1.81. The molecule has 0 fully saturated rings. The monoisotopic (exact) mass is 450 g/mol. The molecule has 6 nitrogen and oxygen atoms in total. The third kappa shape index (κ3) is 3.92. The highest BCUT2D eigenvalue weighted by Gasteiger charge is 2.18. The zero-order valence-electron chi connectivity index (χ0n) is 17.6. The molecule has 0 saturated heterocycles. The Morgan fingerprint density at radius 2 is 1.69 bits per heavy atom. The van der Waals surface area contributed by atoms with Crippen molar-refractivity contribution in [3.8, 4) is 28.4 Å². The van der Waals surface area contributed by atoms with Gasteiger partial charge < -0.3 is 18.6 Å². The number of carbonyl (C=O) groups is 1. The average Bonchev–Trinajstić information content (AvgIpc) is 2.79. The van der Waals surface area contributed by atoms with Crippen LogP contribution in [0.1, 0.15) is 15.9 Å². The third-order valence-electron chi connectivity index (χ3n) is 5.11. The van der Waals surface area contributed by atoms with Crippen molar-refractivity contribution in [2.24, 2.45) is 0 Å². The quantitative estimate of drug-likeness (QED) is 0.222. The maximum atomic E-state index is 12.8. The standard InChI is InChI=1S/C25H19ClO6/c1-14-18-13-16(31-24(27)17-6-4-5-7-19(17)26)9-11-20(18)32-25(28)23(14)15-8-10-21(29-2)22(12-15)30-3/h4-13H,1-3H3. The molecule has 1 heterocycles. The first-order valence-corrected chi connectivity index (χ1v) is 10.1. The van der Waals surface area contributed by atoms with E-state index in [0.29, 0.717) is 49.9 Å². The molecule has 0 unspecified atom stereocenters. The SMILES string of the molecule is COc1ccc(-c2c(C)c3cc(OC(=O)c4ccccc4Cl)ccc3oc2=O)cc1OC. The van der Waals surface area contributed by atoms with Crippen LogP contribution in [-0.2, 0) is 0 Å². The first-order valence-electron chi connectivity index (χ1n) is 9.69. The average molecular weight is 451 g/mol. The van der Waals surface area contributed by atoms with E-state index in [9.17, 15) is 9.59 Å². The molecule has 0 aliphatic carbocycles. The van der Waals surface area contributed by atoms with Gasteiger partial charge in [-0.15, -0.1) is 0 Å². The molecule has 0 radical (unpaired) electrons. The van der Waals surface area contributed by atoms with Crippen molar-refractivity contribution in [1.82, 2.24) is 0 Å². The van der Waals surface area contributed by atoms with Crippen LogP contribution < -0.4 is 19.8 Å². The van der Waals surface area contributed by atoms with E-state index in [1.54, 1.807) is 67.8 Å². The second-order valence-corrected chi connectivity index (χ2v) is 7.39. The van der Waals surface area contributed by atoms with Crippen LogP contribution in [0.4, 0.5) is 0 Å². The lowest BCUT2D eigenvalue weighted by atomic mass is 9.99. The Hall–Kier alpha value is -3.77. The first kappa shape index (κ1) is 21.5. The fourth-order valence-electron chi connectivity index (χ4n) is 3.51. The minimum Gasteiger partial charge on any atom is -0.493 e. The number of methoxy groups -OCH3 is 2. The van der Waals surface area contributed by atoms with Crippen LogP contribution in [0.25, 0.3) is 22.1 Å². The number of aryl methyl sites for hydroxylation is 1. The molecule has 0 N–H and O–H groups in total. The molecular formula is C25H19ClO6. The van der Waals surface area contributed by atoms with Crippen molar-refractivity contribution >= 4 is 28.5 Å². The molecular weight excluding hydrogens is 432 g/mol. The third-order valence-corrected chi connectivity index (χ3v) is 5.44. The van der Waals surface area contributed by atoms with Gasteiger partial charge in [0.2, 0.25) is 0 Å². The van der Waals surface area contributed by atoms with Gasteiger partial charge in [0.25, 0.3) is 0 Å². The summed E-state index contributed by atoms with van der Waals surface area (Å²) in [6.07, 6.45) is 0. The largest absolute Gasteiger partial charge is 0.493 e. The molecule has 0 spiro atoms. The number of ether oxygens (including phenoxy) is 3. The molecule has 0 aliphatic rings. The summed E-state index contributed by atoms with van der Waals surface area (Å²) in [5.41, 5.74) is 1.84. The van der Waals surface area contributed by atoms with Crippen molar-refractivity contribution in [3.05, 3.63) is 87.2 Å². The smallest absolute Gasteiger partial charge is 0.345 e. The van der Waals surface area contributed by atoms with Gasteiger partial charge in [-0.3, -0.25) is 0 Å². The summed E-state index contributed by atoms with van der Waals surface area (Å²) in [4.78, 5) is 25.3. The lowest BCUT2D eigenvalue weighted by Crippen LogP contribution is -2.09. The molecule has 0 atom stereocenters. The van der Waals surface area contributed by atoms with Gasteiger partial charge in [-0.05, 0) is 60.5 Å². The lowest BCUT2D eigenvalue weighted by molar-refractivity contribution is 0.0735. The normalized spacial score (nSPS) is 10.8. The minimum atomic E-state index is -0.579. The van der Waals surface area contributed by atoms with Crippen LogP contribution in [0.5, 0.6) is 17.2 Å². The lowest BCUT2D eigenvalue weighted by Gasteiger charge is -2.12. The van der Waals surface area contributed by atoms with Crippen molar-refractivity contribution < 1.29 is 23.4 Å². The Labute approximate surface area is 188 Å². The summed E-state index contributed by atoms with van der Waals surface area (Å²) in [7, 11) is 3.07. The molecule has 0 saturated carbocycles. The summed E-state index contributed by atoms with van der Waals surface area (Å²) < 4.78 is 21.7. The van der Waals surface area contributed by atoms with Crippen molar-refractivity contribution in [2.45, 2.75) is 6.92 Å². The fourth-order valence-corrected chi connectivity index (χ4v) is 3.72. The van der Waals surface area contributed by atoms with Gasteiger partial charge in [-0.1, -0.05) is 29.8 Å². The van der Waals surface area contributed by atoms with Gasteiger partial charge in [0.05, 0.1) is 30.4 Å². The summed E-state index contributed by atoms with van der Waals surface area (Å²) >= 11 is 6.09. The van der Waals surface area contributed by atoms with Crippen LogP contribution in [0.15, 0.2) is 69.9 Å². The molecule has 0 aliphatic heterocycles. The van der Waals surface area contributed by atoms with Gasteiger partial charge in [-0.2, -0.15) is 0 Å². The predicted octanol–water partition coefficient (Wildman–Crippen LogP) is 5.66. The van der Waals surface area contributed by atoms with E-state index >= 15 is 0 Å². The summed E-state index contributed by atoms with van der Waals surface area (Å²) in [5, 5.41) is 0.940. The van der Waals surface area contributed by atoms with Crippen molar-refractivity contribution in [1.29, 1.82) is 0 Å². The van der Waals surface area contributed by atoms with Gasteiger partial charge in [0.1, 0.15) is 11.3 Å². The van der Waals surface area contributed by atoms with Crippen LogP contribution in [0.3, 0.4) is 0 Å². The zero-order valence-corrected chi connectivity index (χ0v) is 18.4. The van der Waals surface area contributed by atoms with E-state index in [1.165, 1.54) is 7.11 Å². The van der Waals surface area contributed by atoms with E-state index in [-0.39, 0.29) is 5.56 Å². The Morgan fingerprint density at radius 1 is 0.938 bits per heavy atom. The molecule has 32 heavy (non-hydrogen) atoms. The molecule has 162 valence electrons. The molecule has 4 rings (SSSR count). The van der Waals surface area contributed by atoms with E-state index in [1.807, 2.05) is 6.92 Å². The Balaban J connectivity index is 1.78. The summed E-state index contributed by atoms with van der Waals surface area (Å²) in [5.74, 6) is 0.766. The Kier molecular flexibility index (Phi) is 5.88. The predicted molar refractivity (Wildman–Crippen MR) is 122 cm³/mol. The number of halogens is 1. The van der Waals surface area contributed by atoms with Crippen molar-refractivity contribution in [2.75, 3.05) is 14.2 Å². The van der Waals surface area contributed by atoms with E-state index in [2.05, 4.69) is 0 Å². The van der Waals surface area contributed by atoms with Crippen LogP contribution in [0, 0.1) is 6.92 Å². The maximum Gasteiger partial charge on any atom is 0.345 e. The number of benzene rings is 3. The van der Waals surface area contributed by atoms with Gasteiger partial charge in [0.15, 0.2) is 11.5 Å². The fraction of sp³-hybridized carbons (Fsp3) is 0.120. The highest BCUT2D eigenvalue weighted by molar-refractivity contribution is 6.33. The van der Waals surface area contributed by atoms with Crippen LogP contribution in [-0.4, -0.2) is 20.2 Å². The molecule has 0 amide bonds. The van der Waals surface area contributed by atoms with Gasteiger partial charge in [0, 0.05) is 5.39 Å². The molecule has 0 bridgehead atoms. The van der Waals surface area contributed by atoms with E-state index in [4.69, 9.17) is 30.2 Å². The maximum absolute atomic E-state index is 12.8. The minimum absolute atomic E-state index is 0.261. The number of carbonyl (C=O) groups excluding carboxylic acids is 1. The van der Waals surface area contributed by atoms with E-state index < -0.39 is 11.6 Å². The van der Waals surface area contributed by atoms with Crippen LogP contribution >= 0.6 is 11.6 Å². The molecule has 1 aromatic heterocycles. The van der Waals surface area contributed by atoms with Gasteiger partial charge in [-0.25, -0.2) is 9.59 Å². The second kappa shape index (κ2) is 8.77.